The molecular formula is C18H14ClNO2. The summed E-state index contributed by atoms with van der Waals surface area (Å²) in [6.07, 6.45) is 0. The molecule has 1 aromatic heterocycles. The Morgan fingerprint density at radius 3 is 2.41 bits per heavy atom. The van der Waals surface area contributed by atoms with Gasteiger partial charge in [-0.15, -0.1) is 0 Å². The average molecular weight is 312 g/mol. The van der Waals surface area contributed by atoms with E-state index in [0.717, 1.165) is 16.5 Å². The third-order valence-electron chi connectivity index (χ3n) is 3.65. The van der Waals surface area contributed by atoms with Gasteiger partial charge in [0, 0.05) is 21.5 Å². The van der Waals surface area contributed by atoms with Gasteiger partial charge in [0.15, 0.2) is 5.78 Å². The lowest BCUT2D eigenvalue weighted by Gasteiger charge is -2.12. The van der Waals surface area contributed by atoms with E-state index in [4.69, 9.17) is 11.6 Å². The molecule has 3 aromatic rings. The number of H-pyrrole nitrogens is 1. The highest BCUT2D eigenvalue weighted by molar-refractivity contribution is 6.30. The second-order valence-corrected chi connectivity index (χ2v) is 5.75. The predicted molar refractivity (Wildman–Crippen MR) is 89.8 cm³/mol. The molecule has 110 valence electrons. The van der Waals surface area contributed by atoms with E-state index in [1.807, 2.05) is 37.3 Å². The van der Waals surface area contributed by atoms with E-state index in [0.29, 0.717) is 16.1 Å². The molecule has 2 aromatic carbocycles. The van der Waals surface area contributed by atoms with Gasteiger partial charge < -0.3 is 4.98 Å². The molecule has 22 heavy (non-hydrogen) atoms. The number of fused-ring (bicyclic) bond motifs is 1. The number of nitrogens with one attached hydrogen (secondary N) is 1. The largest absolute Gasteiger partial charge is 0.321 e. The molecule has 0 amide bonds. The first-order valence-electron chi connectivity index (χ1n) is 6.91. The zero-order valence-electron chi connectivity index (χ0n) is 12.2. The summed E-state index contributed by atoms with van der Waals surface area (Å²) >= 11 is 5.94. The standard InChI is InChI=1S/C18H14ClNO2/c1-10-3-8-15-14(9-10)17(12-4-6-13(19)7-5-12)16(11(2)21)18(22)20-15/h3-9H,1-2H3,(H,20,22). The number of aromatic amines is 1. The molecule has 0 spiro atoms. The number of carbonyl (C=O) groups is 1. The van der Waals surface area contributed by atoms with Crippen molar-refractivity contribution in [3.8, 4) is 11.1 Å². The van der Waals surface area contributed by atoms with E-state index in [1.165, 1.54) is 6.92 Å². The van der Waals surface area contributed by atoms with Crippen LogP contribution in [0.1, 0.15) is 22.8 Å². The molecule has 0 atom stereocenters. The molecule has 0 unspecified atom stereocenters. The van der Waals surface area contributed by atoms with Crippen LogP contribution in [-0.2, 0) is 0 Å². The summed E-state index contributed by atoms with van der Waals surface area (Å²) in [6.45, 7) is 3.38. The Morgan fingerprint density at radius 2 is 1.77 bits per heavy atom. The molecule has 0 saturated heterocycles. The van der Waals surface area contributed by atoms with Crippen LogP contribution < -0.4 is 5.56 Å². The van der Waals surface area contributed by atoms with Gasteiger partial charge in [-0.3, -0.25) is 9.59 Å². The Labute approximate surface area is 132 Å². The van der Waals surface area contributed by atoms with Gasteiger partial charge in [-0.1, -0.05) is 35.4 Å². The van der Waals surface area contributed by atoms with Crippen molar-refractivity contribution in [2.75, 3.05) is 0 Å². The van der Waals surface area contributed by atoms with Gasteiger partial charge in [0.2, 0.25) is 0 Å². The number of aromatic nitrogens is 1. The monoisotopic (exact) mass is 311 g/mol. The molecule has 0 saturated carbocycles. The maximum absolute atomic E-state index is 12.3. The Bertz CT molecular complexity index is 940. The normalized spacial score (nSPS) is 10.9. The van der Waals surface area contributed by atoms with Crippen LogP contribution in [0.15, 0.2) is 47.3 Å². The first kappa shape index (κ1) is 14.5. The van der Waals surface area contributed by atoms with E-state index in [-0.39, 0.29) is 16.9 Å². The highest BCUT2D eigenvalue weighted by atomic mass is 35.5. The molecule has 3 nitrogen and oxygen atoms in total. The minimum atomic E-state index is -0.367. The van der Waals surface area contributed by atoms with Crippen LogP contribution in [0, 0.1) is 6.92 Å². The molecule has 0 fully saturated rings. The van der Waals surface area contributed by atoms with Gasteiger partial charge >= 0.3 is 0 Å². The number of aryl methyl sites for hydroxylation is 1. The Hall–Kier alpha value is -2.39. The predicted octanol–water partition coefficient (Wildman–Crippen LogP) is 4.36. The lowest BCUT2D eigenvalue weighted by Crippen LogP contribution is -2.18. The topological polar surface area (TPSA) is 49.9 Å². The summed E-state index contributed by atoms with van der Waals surface area (Å²) in [5, 5.41) is 1.46. The zero-order chi connectivity index (χ0) is 15.9. The zero-order valence-corrected chi connectivity index (χ0v) is 13.0. The SMILES string of the molecule is CC(=O)c1c(-c2ccc(Cl)cc2)c2cc(C)ccc2[nH]c1=O. The van der Waals surface area contributed by atoms with Crippen LogP contribution in [0.4, 0.5) is 0 Å². The van der Waals surface area contributed by atoms with Gasteiger partial charge in [-0.25, -0.2) is 0 Å². The first-order valence-corrected chi connectivity index (χ1v) is 7.28. The fourth-order valence-electron chi connectivity index (χ4n) is 2.66. The number of hydrogen-bond donors (Lipinski definition) is 1. The maximum atomic E-state index is 12.3. The summed E-state index contributed by atoms with van der Waals surface area (Å²) in [6, 6.07) is 12.9. The summed E-state index contributed by atoms with van der Waals surface area (Å²) < 4.78 is 0. The van der Waals surface area contributed by atoms with Crippen molar-refractivity contribution in [2.24, 2.45) is 0 Å². The van der Waals surface area contributed by atoms with Crippen molar-refractivity contribution in [1.82, 2.24) is 4.98 Å². The van der Waals surface area contributed by atoms with Gasteiger partial charge in [0.1, 0.15) is 0 Å². The van der Waals surface area contributed by atoms with E-state index in [1.54, 1.807) is 12.1 Å². The smallest absolute Gasteiger partial charge is 0.259 e. The average Bonchev–Trinajstić information content (AvgIpc) is 2.47. The number of benzene rings is 2. The van der Waals surface area contributed by atoms with Crippen molar-refractivity contribution in [3.63, 3.8) is 0 Å². The summed E-state index contributed by atoms with van der Waals surface area (Å²) in [5.41, 5.74) is 3.05. The number of hydrogen-bond acceptors (Lipinski definition) is 2. The summed E-state index contributed by atoms with van der Waals surface area (Å²) in [5.74, 6) is -0.255. The van der Waals surface area contributed by atoms with Crippen molar-refractivity contribution in [2.45, 2.75) is 13.8 Å². The van der Waals surface area contributed by atoms with Crippen LogP contribution in [0.25, 0.3) is 22.0 Å². The van der Waals surface area contributed by atoms with E-state index >= 15 is 0 Å². The van der Waals surface area contributed by atoms with Crippen LogP contribution in [0.2, 0.25) is 5.02 Å². The van der Waals surface area contributed by atoms with Gasteiger partial charge in [0.05, 0.1) is 5.56 Å². The quantitative estimate of drug-likeness (QED) is 0.715. The second kappa shape index (κ2) is 5.43. The molecule has 1 heterocycles. The molecule has 0 aliphatic heterocycles. The maximum Gasteiger partial charge on any atom is 0.259 e. The second-order valence-electron chi connectivity index (χ2n) is 5.32. The number of pyridine rings is 1. The molecule has 0 aliphatic rings. The molecule has 0 aliphatic carbocycles. The van der Waals surface area contributed by atoms with Crippen molar-refractivity contribution in [1.29, 1.82) is 0 Å². The van der Waals surface area contributed by atoms with Crippen LogP contribution >= 0.6 is 11.6 Å². The van der Waals surface area contributed by atoms with Crippen molar-refractivity contribution in [3.05, 3.63) is 69.0 Å². The molecule has 0 radical (unpaired) electrons. The van der Waals surface area contributed by atoms with Crippen molar-refractivity contribution >= 4 is 28.3 Å². The third kappa shape index (κ3) is 2.44. The number of carbonyl (C=O) groups excluding carboxylic acids is 1. The summed E-state index contributed by atoms with van der Waals surface area (Å²) in [4.78, 5) is 27.1. The van der Waals surface area contributed by atoms with Gasteiger partial charge in [0.25, 0.3) is 5.56 Å². The van der Waals surface area contributed by atoms with Gasteiger partial charge in [-0.2, -0.15) is 0 Å². The van der Waals surface area contributed by atoms with Crippen molar-refractivity contribution < 1.29 is 4.79 Å². The third-order valence-corrected chi connectivity index (χ3v) is 3.91. The molecular weight excluding hydrogens is 298 g/mol. The molecule has 3 rings (SSSR count). The minimum Gasteiger partial charge on any atom is -0.321 e. The Balaban J connectivity index is 2.49. The minimum absolute atomic E-state index is 0.181. The Kier molecular flexibility index (Phi) is 3.59. The number of rotatable bonds is 2. The number of ketones is 1. The lowest BCUT2D eigenvalue weighted by molar-refractivity contribution is 0.101. The molecule has 4 heteroatoms. The van der Waals surface area contributed by atoms with E-state index < -0.39 is 0 Å². The van der Waals surface area contributed by atoms with Crippen LogP contribution in [0.5, 0.6) is 0 Å². The molecule has 0 bridgehead atoms. The van der Waals surface area contributed by atoms with E-state index in [9.17, 15) is 9.59 Å². The number of Topliss-reactive ketones (excluding diaryl/α,β-unsaturated/α-hetero) is 1. The van der Waals surface area contributed by atoms with E-state index in [2.05, 4.69) is 4.98 Å². The fourth-order valence-corrected chi connectivity index (χ4v) is 2.79. The van der Waals surface area contributed by atoms with Crippen LogP contribution in [0.3, 0.4) is 0 Å². The highest BCUT2D eigenvalue weighted by Gasteiger charge is 2.17. The van der Waals surface area contributed by atoms with Crippen LogP contribution in [-0.4, -0.2) is 10.8 Å². The number of halogens is 1. The molecule has 1 N–H and O–H groups in total. The highest BCUT2D eigenvalue weighted by Crippen LogP contribution is 2.31. The summed E-state index contributed by atoms with van der Waals surface area (Å²) in [7, 11) is 0. The first-order chi connectivity index (χ1) is 10.5. The fraction of sp³-hybridized carbons (Fsp3) is 0.111. The lowest BCUT2D eigenvalue weighted by atomic mass is 9.94. The van der Waals surface area contributed by atoms with Gasteiger partial charge in [-0.05, 0) is 43.7 Å². The Morgan fingerprint density at radius 1 is 1.09 bits per heavy atom.